The maximum Gasteiger partial charge on any atom is 0.244 e. The predicted molar refractivity (Wildman–Crippen MR) is 89.7 cm³/mol. The fourth-order valence-corrected chi connectivity index (χ4v) is 2.89. The van der Waals surface area contributed by atoms with Crippen LogP contribution < -0.4 is 14.8 Å². The monoisotopic (exact) mass is 359 g/mol. The number of piperidine rings is 1. The highest BCUT2D eigenvalue weighted by Crippen LogP contribution is 2.38. The van der Waals surface area contributed by atoms with Crippen LogP contribution in [0.25, 0.3) is 11.4 Å². The molecule has 8 heteroatoms. The summed E-state index contributed by atoms with van der Waals surface area (Å²) in [6, 6.07) is 3.66. The van der Waals surface area contributed by atoms with Crippen LogP contribution >= 0.6 is 24.0 Å². The highest BCUT2D eigenvalue weighted by atomic mass is 35.5. The summed E-state index contributed by atoms with van der Waals surface area (Å²) in [5.74, 6) is 2.13. The second kappa shape index (κ2) is 7.86. The number of nitrogens with one attached hydrogen (secondary N) is 1. The number of hydrogen-bond acceptors (Lipinski definition) is 6. The fraction of sp³-hybridized carbons (Fsp3) is 0.467. The first-order valence-corrected chi connectivity index (χ1v) is 7.59. The number of hydrogen-bond donors (Lipinski definition) is 1. The van der Waals surface area contributed by atoms with Gasteiger partial charge < -0.3 is 19.3 Å². The first-order valence-electron chi connectivity index (χ1n) is 7.22. The van der Waals surface area contributed by atoms with Crippen molar-refractivity contribution in [1.82, 2.24) is 15.5 Å². The first-order chi connectivity index (χ1) is 10.7. The highest BCUT2D eigenvalue weighted by molar-refractivity contribution is 6.32. The van der Waals surface area contributed by atoms with Crippen LogP contribution in [0.5, 0.6) is 11.5 Å². The molecule has 1 aromatic carbocycles. The number of nitrogens with zero attached hydrogens (tertiary/aromatic N) is 2. The molecule has 2 heterocycles. The zero-order valence-electron chi connectivity index (χ0n) is 13.0. The van der Waals surface area contributed by atoms with Crippen LogP contribution in [0.4, 0.5) is 0 Å². The number of halogens is 2. The molecule has 1 N–H and O–H groups in total. The Labute approximate surface area is 145 Å². The van der Waals surface area contributed by atoms with Gasteiger partial charge in [-0.25, -0.2) is 0 Å². The zero-order chi connectivity index (χ0) is 15.5. The lowest BCUT2D eigenvalue weighted by Crippen LogP contribution is -2.26. The molecule has 1 saturated heterocycles. The lowest BCUT2D eigenvalue weighted by molar-refractivity contribution is 0.297. The summed E-state index contributed by atoms with van der Waals surface area (Å²) in [5.41, 5.74) is 0.730. The van der Waals surface area contributed by atoms with Crippen molar-refractivity contribution in [2.24, 2.45) is 0 Å². The number of rotatable bonds is 4. The molecule has 0 amide bonds. The van der Waals surface area contributed by atoms with E-state index in [1.54, 1.807) is 26.4 Å². The van der Waals surface area contributed by atoms with Crippen molar-refractivity contribution in [3.63, 3.8) is 0 Å². The molecular weight excluding hydrogens is 341 g/mol. The summed E-state index contributed by atoms with van der Waals surface area (Å²) >= 11 is 6.22. The summed E-state index contributed by atoms with van der Waals surface area (Å²) in [6.45, 7) is 0.977. The van der Waals surface area contributed by atoms with Crippen molar-refractivity contribution in [3.8, 4) is 22.9 Å². The van der Waals surface area contributed by atoms with Gasteiger partial charge in [0.2, 0.25) is 11.7 Å². The predicted octanol–water partition coefficient (Wildman–Crippen LogP) is 3.64. The van der Waals surface area contributed by atoms with E-state index >= 15 is 0 Å². The Morgan fingerprint density at radius 3 is 2.74 bits per heavy atom. The molecule has 0 spiro atoms. The van der Waals surface area contributed by atoms with Crippen molar-refractivity contribution in [2.75, 3.05) is 20.8 Å². The number of aromatic nitrogens is 2. The number of methoxy groups -OCH3 is 2. The molecule has 0 aliphatic carbocycles. The minimum atomic E-state index is 0. The van der Waals surface area contributed by atoms with E-state index in [9.17, 15) is 0 Å². The van der Waals surface area contributed by atoms with E-state index < -0.39 is 0 Å². The van der Waals surface area contributed by atoms with E-state index in [4.69, 9.17) is 25.6 Å². The van der Waals surface area contributed by atoms with Gasteiger partial charge in [0.1, 0.15) is 0 Å². The Morgan fingerprint density at radius 2 is 2.09 bits per heavy atom. The van der Waals surface area contributed by atoms with Crippen molar-refractivity contribution in [2.45, 2.75) is 25.3 Å². The number of benzene rings is 1. The van der Waals surface area contributed by atoms with Crippen molar-refractivity contribution < 1.29 is 14.0 Å². The fourth-order valence-electron chi connectivity index (χ4n) is 2.60. The third-order valence-corrected chi connectivity index (χ3v) is 4.02. The third-order valence-electron chi connectivity index (χ3n) is 3.74. The smallest absolute Gasteiger partial charge is 0.244 e. The average molecular weight is 360 g/mol. The van der Waals surface area contributed by atoms with Gasteiger partial charge in [-0.05, 0) is 31.5 Å². The molecule has 23 heavy (non-hydrogen) atoms. The lowest BCUT2D eigenvalue weighted by atomic mass is 10.1. The van der Waals surface area contributed by atoms with Gasteiger partial charge in [-0.3, -0.25) is 0 Å². The lowest BCUT2D eigenvalue weighted by Gasteiger charge is -2.19. The van der Waals surface area contributed by atoms with Crippen LogP contribution in [0.15, 0.2) is 16.7 Å². The molecule has 0 unspecified atom stereocenters. The molecule has 1 aliphatic rings. The molecule has 6 nitrogen and oxygen atoms in total. The van der Waals surface area contributed by atoms with Crippen molar-refractivity contribution in [3.05, 3.63) is 23.0 Å². The van der Waals surface area contributed by atoms with Crippen LogP contribution in [0, 0.1) is 0 Å². The van der Waals surface area contributed by atoms with Gasteiger partial charge in [0.25, 0.3) is 0 Å². The van der Waals surface area contributed by atoms with Gasteiger partial charge in [0, 0.05) is 5.56 Å². The summed E-state index contributed by atoms with van der Waals surface area (Å²) in [5, 5.41) is 7.88. The summed E-state index contributed by atoms with van der Waals surface area (Å²) in [7, 11) is 3.11. The van der Waals surface area contributed by atoms with E-state index in [0.29, 0.717) is 28.2 Å². The topological polar surface area (TPSA) is 69.4 Å². The second-order valence-electron chi connectivity index (χ2n) is 5.15. The maximum absolute atomic E-state index is 6.22. The van der Waals surface area contributed by atoms with E-state index in [-0.39, 0.29) is 18.4 Å². The summed E-state index contributed by atoms with van der Waals surface area (Å²) < 4.78 is 15.9. The Balaban J connectivity index is 0.00000192. The Kier molecular flexibility index (Phi) is 6.10. The minimum Gasteiger partial charge on any atom is -0.493 e. The van der Waals surface area contributed by atoms with Gasteiger partial charge >= 0.3 is 0 Å². The van der Waals surface area contributed by atoms with Crippen LogP contribution in [0.1, 0.15) is 31.2 Å². The van der Waals surface area contributed by atoms with E-state index in [1.807, 2.05) is 0 Å². The SMILES string of the molecule is COc1cc(-c2noc([C@@H]3CCCCN3)n2)cc(Cl)c1OC.Cl. The van der Waals surface area contributed by atoms with E-state index in [1.165, 1.54) is 6.42 Å². The molecule has 0 bridgehead atoms. The quantitative estimate of drug-likeness (QED) is 0.898. The molecule has 0 radical (unpaired) electrons. The van der Waals surface area contributed by atoms with Crippen LogP contribution in [-0.4, -0.2) is 30.9 Å². The van der Waals surface area contributed by atoms with E-state index in [0.717, 1.165) is 24.9 Å². The molecule has 1 fully saturated rings. The Hall–Kier alpha value is -1.50. The maximum atomic E-state index is 6.22. The second-order valence-corrected chi connectivity index (χ2v) is 5.56. The van der Waals surface area contributed by atoms with Gasteiger partial charge in [0.05, 0.1) is 25.3 Å². The zero-order valence-corrected chi connectivity index (χ0v) is 14.5. The molecule has 1 aliphatic heterocycles. The Morgan fingerprint density at radius 1 is 1.26 bits per heavy atom. The summed E-state index contributed by atoms with van der Waals surface area (Å²) in [6.07, 6.45) is 3.36. The average Bonchev–Trinajstić information content (AvgIpc) is 3.05. The third kappa shape index (κ3) is 3.71. The molecule has 0 saturated carbocycles. The van der Waals surface area contributed by atoms with Crippen LogP contribution in [0.2, 0.25) is 5.02 Å². The molecule has 126 valence electrons. The van der Waals surface area contributed by atoms with Crippen LogP contribution in [-0.2, 0) is 0 Å². The Bertz CT molecular complexity index is 657. The normalized spacial score (nSPS) is 17.4. The molecule has 2 aromatic rings. The molecule has 1 atom stereocenters. The molecule has 1 aromatic heterocycles. The summed E-state index contributed by atoms with van der Waals surface area (Å²) in [4.78, 5) is 4.48. The van der Waals surface area contributed by atoms with Gasteiger partial charge in [-0.2, -0.15) is 4.98 Å². The van der Waals surface area contributed by atoms with Crippen molar-refractivity contribution in [1.29, 1.82) is 0 Å². The minimum absolute atomic E-state index is 0. The number of ether oxygens (including phenoxy) is 2. The standard InChI is InChI=1S/C15H18ClN3O3.ClH/c1-20-12-8-9(7-10(16)13(12)21-2)14-18-15(22-19-14)11-5-3-4-6-17-11;/h7-8,11,17H,3-6H2,1-2H3;1H/t11-;/m0./s1. The largest absolute Gasteiger partial charge is 0.493 e. The van der Waals surface area contributed by atoms with Gasteiger partial charge in [-0.1, -0.05) is 23.2 Å². The van der Waals surface area contributed by atoms with Crippen molar-refractivity contribution >= 4 is 24.0 Å². The van der Waals surface area contributed by atoms with Gasteiger partial charge in [-0.15, -0.1) is 12.4 Å². The molecular formula is C15H19Cl2N3O3. The van der Waals surface area contributed by atoms with E-state index in [2.05, 4.69) is 15.5 Å². The highest BCUT2D eigenvalue weighted by Gasteiger charge is 2.22. The van der Waals surface area contributed by atoms with Gasteiger partial charge in [0.15, 0.2) is 11.5 Å². The molecule has 3 rings (SSSR count). The van der Waals surface area contributed by atoms with Crippen LogP contribution in [0.3, 0.4) is 0 Å². The first kappa shape index (κ1) is 17.8.